The van der Waals surface area contributed by atoms with Crippen LogP contribution in [0.2, 0.25) is 0 Å². The number of piperazine rings is 1. The summed E-state index contributed by atoms with van der Waals surface area (Å²) in [7, 11) is -3.81. The first-order valence-electron chi connectivity index (χ1n) is 9.90. The van der Waals surface area contributed by atoms with Gasteiger partial charge in [-0.05, 0) is 49.1 Å². The van der Waals surface area contributed by atoms with Crippen molar-refractivity contribution < 1.29 is 18.3 Å². The maximum absolute atomic E-state index is 12.9. The SMILES string of the molecule is Cc1ccc(O)c(S(=O)(=O)N2CCN(C(=O)Cn3c(C)cc4ccccc43)CC2)c1. The van der Waals surface area contributed by atoms with E-state index in [1.165, 1.54) is 16.4 Å². The van der Waals surface area contributed by atoms with Gasteiger partial charge in [-0.25, -0.2) is 8.42 Å². The summed E-state index contributed by atoms with van der Waals surface area (Å²) in [4.78, 5) is 14.5. The summed E-state index contributed by atoms with van der Waals surface area (Å²) in [5, 5.41) is 11.1. The van der Waals surface area contributed by atoms with Gasteiger partial charge in [-0.3, -0.25) is 4.79 Å². The molecule has 1 N–H and O–H groups in total. The zero-order valence-electron chi connectivity index (χ0n) is 17.1. The number of hydrogen-bond acceptors (Lipinski definition) is 4. The van der Waals surface area contributed by atoms with Crippen LogP contribution in [0.5, 0.6) is 5.75 Å². The van der Waals surface area contributed by atoms with Crippen LogP contribution in [-0.2, 0) is 21.4 Å². The van der Waals surface area contributed by atoms with Crippen molar-refractivity contribution in [1.82, 2.24) is 13.8 Å². The predicted molar refractivity (Wildman–Crippen MR) is 115 cm³/mol. The van der Waals surface area contributed by atoms with E-state index >= 15 is 0 Å². The quantitative estimate of drug-likeness (QED) is 0.694. The standard InChI is InChI=1S/C22H25N3O4S/c1-16-7-8-20(26)21(13-16)30(28,29)24-11-9-23(10-12-24)22(27)15-25-17(2)14-18-5-3-4-6-19(18)25/h3-8,13-14,26H,9-12,15H2,1-2H3. The summed E-state index contributed by atoms with van der Waals surface area (Å²) in [6, 6.07) is 14.5. The number of carbonyl (C=O) groups is 1. The number of hydrogen-bond donors (Lipinski definition) is 1. The first kappa shape index (κ1) is 20.4. The van der Waals surface area contributed by atoms with Gasteiger partial charge in [0.1, 0.15) is 17.2 Å². The fraction of sp³-hybridized carbons (Fsp3) is 0.318. The van der Waals surface area contributed by atoms with E-state index in [-0.39, 0.29) is 36.2 Å². The fourth-order valence-electron chi connectivity index (χ4n) is 3.94. The molecule has 30 heavy (non-hydrogen) atoms. The lowest BCUT2D eigenvalue weighted by Gasteiger charge is -2.34. The number of para-hydroxylation sites is 1. The predicted octanol–water partition coefficient (Wildman–Crippen LogP) is 2.50. The average Bonchev–Trinajstić information content (AvgIpc) is 3.05. The van der Waals surface area contributed by atoms with Crippen molar-refractivity contribution in [2.45, 2.75) is 25.3 Å². The first-order valence-corrected chi connectivity index (χ1v) is 11.3. The number of aromatic hydroxyl groups is 1. The minimum absolute atomic E-state index is 0.0325. The van der Waals surface area contributed by atoms with Crippen molar-refractivity contribution in [3.8, 4) is 5.75 Å². The largest absolute Gasteiger partial charge is 0.507 e. The number of amides is 1. The van der Waals surface area contributed by atoms with E-state index in [1.54, 1.807) is 17.9 Å². The Kier molecular flexibility index (Phi) is 5.29. The number of fused-ring (bicyclic) bond motifs is 1. The van der Waals surface area contributed by atoms with Crippen LogP contribution in [0.4, 0.5) is 0 Å². The third kappa shape index (κ3) is 3.68. The average molecular weight is 428 g/mol. The highest BCUT2D eigenvalue weighted by molar-refractivity contribution is 7.89. The van der Waals surface area contributed by atoms with Crippen LogP contribution in [-0.4, -0.2) is 59.4 Å². The zero-order valence-corrected chi connectivity index (χ0v) is 17.9. The van der Waals surface area contributed by atoms with Crippen LogP contribution in [0, 0.1) is 13.8 Å². The maximum atomic E-state index is 12.9. The molecule has 0 unspecified atom stereocenters. The molecule has 0 radical (unpaired) electrons. The number of benzene rings is 2. The Morgan fingerprint density at radius 2 is 1.70 bits per heavy atom. The van der Waals surface area contributed by atoms with Gasteiger partial charge < -0.3 is 14.6 Å². The smallest absolute Gasteiger partial charge is 0.246 e. The van der Waals surface area contributed by atoms with E-state index in [2.05, 4.69) is 6.07 Å². The van der Waals surface area contributed by atoms with Gasteiger partial charge in [0.15, 0.2) is 0 Å². The number of aromatic nitrogens is 1. The van der Waals surface area contributed by atoms with Crippen molar-refractivity contribution in [2.75, 3.05) is 26.2 Å². The highest BCUT2D eigenvalue weighted by atomic mass is 32.2. The Hall–Kier alpha value is -2.84. The third-order valence-corrected chi connectivity index (χ3v) is 7.56. The molecule has 1 aromatic heterocycles. The van der Waals surface area contributed by atoms with E-state index in [4.69, 9.17) is 0 Å². The Morgan fingerprint density at radius 3 is 2.43 bits per heavy atom. The Balaban J connectivity index is 1.46. The van der Waals surface area contributed by atoms with Crippen molar-refractivity contribution in [2.24, 2.45) is 0 Å². The van der Waals surface area contributed by atoms with Crippen molar-refractivity contribution in [3.63, 3.8) is 0 Å². The van der Waals surface area contributed by atoms with Gasteiger partial charge in [0.25, 0.3) is 0 Å². The van der Waals surface area contributed by atoms with E-state index in [0.29, 0.717) is 13.1 Å². The number of phenols is 1. The van der Waals surface area contributed by atoms with Crippen LogP contribution < -0.4 is 0 Å². The molecule has 4 rings (SSSR count). The topological polar surface area (TPSA) is 82.8 Å². The van der Waals surface area contributed by atoms with Crippen LogP contribution in [0.25, 0.3) is 10.9 Å². The van der Waals surface area contributed by atoms with Gasteiger partial charge in [-0.15, -0.1) is 0 Å². The molecule has 2 heterocycles. The molecule has 0 aliphatic carbocycles. The summed E-state index contributed by atoms with van der Waals surface area (Å²) in [5.41, 5.74) is 2.79. The van der Waals surface area contributed by atoms with Gasteiger partial charge in [0.2, 0.25) is 15.9 Å². The molecular weight excluding hydrogens is 402 g/mol. The molecular formula is C22H25N3O4S. The highest BCUT2D eigenvalue weighted by Gasteiger charge is 2.32. The molecule has 0 atom stereocenters. The number of nitrogens with zero attached hydrogens (tertiary/aromatic N) is 3. The van der Waals surface area contributed by atoms with Crippen molar-refractivity contribution in [3.05, 3.63) is 59.8 Å². The molecule has 0 spiro atoms. The molecule has 2 aromatic carbocycles. The van der Waals surface area contributed by atoms with E-state index in [0.717, 1.165) is 22.2 Å². The molecule has 7 nitrogen and oxygen atoms in total. The Bertz CT molecular complexity index is 1210. The van der Waals surface area contributed by atoms with Gasteiger partial charge in [-0.2, -0.15) is 4.31 Å². The molecule has 1 aliphatic heterocycles. The highest BCUT2D eigenvalue weighted by Crippen LogP contribution is 2.27. The fourth-order valence-corrected chi connectivity index (χ4v) is 5.53. The minimum Gasteiger partial charge on any atom is -0.507 e. The number of phenolic OH excluding ortho intramolecular Hbond substituents is 1. The van der Waals surface area contributed by atoms with Gasteiger partial charge in [0.05, 0.1) is 0 Å². The van der Waals surface area contributed by atoms with Crippen LogP contribution >= 0.6 is 0 Å². The molecule has 3 aromatic rings. The number of carbonyl (C=O) groups excluding carboxylic acids is 1. The minimum atomic E-state index is -3.81. The second-order valence-corrected chi connectivity index (χ2v) is 9.59. The van der Waals surface area contributed by atoms with Crippen molar-refractivity contribution in [1.29, 1.82) is 0 Å². The van der Waals surface area contributed by atoms with Crippen LogP contribution in [0.1, 0.15) is 11.3 Å². The van der Waals surface area contributed by atoms with Crippen LogP contribution in [0.3, 0.4) is 0 Å². The van der Waals surface area contributed by atoms with Gasteiger partial charge in [0, 0.05) is 37.4 Å². The normalized spacial score (nSPS) is 15.6. The number of sulfonamides is 1. The molecule has 1 amide bonds. The molecule has 1 fully saturated rings. The molecule has 0 saturated carbocycles. The summed E-state index contributed by atoms with van der Waals surface area (Å²) in [6.07, 6.45) is 0. The maximum Gasteiger partial charge on any atom is 0.246 e. The molecule has 158 valence electrons. The summed E-state index contributed by atoms with van der Waals surface area (Å²) in [6.45, 7) is 5.03. The first-order chi connectivity index (χ1) is 14.3. The molecule has 0 bridgehead atoms. The van der Waals surface area contributed by atoms with E-state index in [9.17, 15) is 18.3 Å². The molecule has 1 aliphatic rings. The molecule has 1 saturated heterocycles. The van der Waals surface area contributed by atoms with Crippen molar-refractivity contribution >= 4 is 26.8 Å². The zero-order chi connectivity index (χ0) is 21.5. The second kappa shape index (κ2) is 7.77. The summed E-state index contributed by atoms with van der Waals surface area (Å²) in [5.74, 6) is -0.288. The van der Waals surface area contributed by atoms with Crippen LogP contribution in [0.15, 0.2) is 53.4 Å². The monoisotopic (exact) mass is 427 g/mol. The summed E-state index contributed by atoms with van der Waals surface area (Å²) < 4.78 is 29.2. The van der Waals surface area contributed by atoms with Gasteiger partial charge >= 0.3 is 0 Å². The lowest BCUT2D eigenvalue weighted by Crippen LogP contribution is -2.51. The number of aryl methyl sites for hydroxylation is 2. The lowest BCUT2D eigenvalue weighted by atomic mass is 10.2. The summed E-state index contributed by atoms with van der Waals surface area (Å²) >= 11 is 0. The number of rotatable bonds is 4. The lowest BCUT2D eigenvalue weighted by molar-refractivity contribution is -0.133. The van der Waals surface area contributed by atoms with E-state index < -0.39 is 10.0 Å². The van der Waals surface area contributed by atoms with Gasteiger partial charge in [-0.1, -0.05) is 24.3 Å². The second-order valence-electron chi connectivity index (χ2n) is 7.69. The molecule has 8 heteroatoms. The van der Waals surface area contributed by atoms with E-state index in [1.807, 2.05) is 35.8 Å². The Morgan fingerprint density at radius 1 is 1.00 bits per heavy atom. The third-order valence-electron chi connectivity index (χ3n) is 5.64. The Labute approximate surface area is 176 Å².